The molecule has 0 N–H and O–H groups in total. The molecule has 184 valence electrons. The quantitative estimate of drug-likeness (QED) is 0.602. The van der Waals surface area contributed by atoms with Crippen molar-refractivity contribution in [2.45, 2.75) is 54.5 Å². The number of carbonyl (C=O) groups excluding carboxylic acids is 3. The van der Waals surface area contributed by atoms with Gasteiger partial charge in [0.2, 0.25) is 11.8 Å². The molecule has 0 aromatic heterocycles. The molecule has 0 radical (unpaired) electrons. The third kappa shape index (κ3) is 14.7. The van der Waals surface area contributed by atoms with Gasteiger partial charge in [0.05, 0.1) is 5.71 Å². The maximum absolute atomic E-state index is 11.0. The summed E-state index contributed by atoms with van der Waals surface area (Å²) in [5, 5.41) is 10.6. The second-order valence-electron chi connectivity index (χ2n) is 8.58. The van der Waals surface area contributed by atoms with E-state index in [4.69, 9.17) is 0 Å². The summed E-state index contributed by atoms with van der Waals surface area (Å²) in [4.78, 5) is 39.7. The molecule has 0 unspecified atom stereocenters. The maximum atomic E-state index is 11.0. The van der Waals surface area contributed by atoms with Gasteiger partial charge in [0, 0.05) is 72.2 Å². The molecule has 0 spiro atoms. The molecule has 3 aliphatic rings. The van der Waals surface area contributed by atoms with E-state index in [9.17, 15) is 14.4 Å². The second-order valence-corrected chi connectivity index (χ2v) is 8.58. The lowest BCUT2D eigenvalue weighted by molar-refractivity contribution is -0.131. The maximum Gasteiger partial charge on any atom is 0.219 e. The second kappa shape index (κ2) is 16.4. The minimum Gasteiger partial charge on any atom is -0.340 e. The summed E-state index contributed by atoms with van der Waals surface area (Å²) in [6.45, 7) is 21.0. The first-order valence-corrected chi connectivity index (χ1v) is 11.2. The molecule has 0 aromatic rings. The van der Waals surface area contributed by atoms with E-state index < -0.39 is 0 Å². The summed E-state index contributed by atoms with van der Waals surface area (Å²) >= 11 is 0. The smallest absolute Gasteiger partial charge is 0.219 e. The number of Topliss-reactive ketones (excluding diaryl/α,β-unsaturated/α-hetero) is 1. The SMILES string of the molecule is CC(=O)N1CCN(C(C)C)CC1.CC(=O)N1CCN(C)CC1.CC(C)=O.CC1=NN=NC1. The normalized spacial score (nSPS) is 18.5. The predicted octanol–water partition coefficient (Wildman–Crippen LogP) is 1.76. The van der Waals surface area contributed by atoms with Crippen molar-refractivity contribution in [2.24, 2.45) is 15.4 Å². The van der Waals surface area contributed by atoms with E-state index in [2.05, 4.69) is 46.1 Å². The van der Waals surface area contributed by atoms with Gasteiger partial charge in [-0.1, -0.05) is 0 Å². The van der Waals surface area contributed by atoms with Crippen molar-refractivity contribution in [1.82, 2.24) is 19.6 Å². The Balaban J connectivity index is 0.000000432. The Kier molecular flexibility index (Phi) is 15.3. The summed E-state index contributed by atoms with van der Waals surface area (Å²) < 4.78 is 0. The monoisotopic (exact) mass is 453 g/mol. The first-order valence-electron chi connectivity index (χ1n) is 11.2. The minimum absolute atomic E-state index is 0.167. The Morgan fingerprint density at radius 1 is 0.781 bits per heavy atom. The van der Waals surface area contributed by atoms with Gasteiger partial charge in [0.25, 0.3) is 0 Å². The summed E-state index contributed by atoms with van der Waals surface area (Å²) in [6.07, 6.45) is 0. The summed E-state index contributed by atoms with van der Waals surface area (Å²) in [6, 6.07) is 0.610. The number of ketones is 1. The zero-order chi connectivity index (χ0) is 24.7. The fourth-order valence-corrected chi connectivity index (χ4v) is 2.95. The van der Waals surface area contributed by atoms with Crippen LogP contribution >= 0.6 is 0 Å². The lowest BCUT2D eigenvalue weighted by Gasteiger charge is -2.36. The molecular formula is C22H43N7O3. The molecule has 3 aliphatic heterocycles. The standard InChI is InChI=1S/C9H18N2O.C7H14N2O.C3H5N3.C3H6O/c1-8(2)10-4-6-11(7-5-10)9(3)12;1-7(10)9-5-3-8(2)4-6-9;1-3-2-4-6-5-3;1-3(2)4/h8H,4-7H2,1-3H3;3-6H2,1-2H3;2H2,1H3;1-2H3. The highest BCUT2D eigenvalue weighted by molar-refractivity contribution is 5.84. The predicted molar refractivity (Wildman–Crippen MR) is 128 cm³/mol. The zero-order valence-corrected chi connectivity index (χ0v) is 21.3. The van der Waals surface area contributed by atoms with Gasteiger partial charge in [-0.2, -0.15) is 5.11 Å². The van der Waals surface area contributed by atoms with E-state index >= 15 is 0 Å². The van der Waals surface area contributed by atoms with Crippen molar-refractivity contribution < 1.29 is 14.4 Å². The number of rotatable bonds is 1. The van der Waals surface area contributed by atoms with Crippen molar-refractivity contribution in [3.05, 3.63) is 0 Å². The summed E-state index contributed by atoms with van der Waals surface area (Å²) in [5.74, 6) is 0.575. The fourth-order valence-electron chi connectivity index (χ4n) is 2.95. The highest BCUT2D eigenvalue weighted by Crippen LogP contribution is 2.05. The molecule has 0 bridgehead atoms. The number of hydrogen-bond donors (Lipinski definition) is 0. The molecule has 0 atom stereocenters. The first kappa shape index (κ1) is 29.8. The summed E-state index contributed by atoms with van der Waals surface area (Å²) in [7, 11) is 2.08. The van der Waals surface area contributed by atoms with Crippen LogP contribution in [-0.2, 0) is 14.4 Å². The third-order valence-electron chi connectivity index (χ3n) is 5.02. The van der Waals surface area contributed by atoms with Gasteiger partial charge >= 0.3 is 0 Å². The van der Waals surface area contributed by atoms with Crippen molar-refractivity contribution in [3.63, 3.8) is 0 Å². The average molecular weight is 454 g/mol. The topological polar surface area (TPSA) is 101 Å². The zero-order valence-electron chi connectivity index (χ0n) is 21.3. The number of carbonyl (C=O) groups is 3. The Morgan fingerprint density at radius 2 is 1.19 bits per heavy atom. The van der Waals surface area contributed by atoms with Crippen molar-refractivity contribution >= 4 is 23.3 Å². The van der Waals surface area contributed by atoms with E-state index in [0.717, 1.165) is 58.1 Å². The van der Waals surface area contributed by atoms with Crippen LogP contribution < -0.4 is 0 Å². The largest absolute Gasteiger partial charge is 0.340 e. The van der Waals surface area contributed by atoms with Crippen molar-refractivity contribution in [2.75, 3.05) is 66.0 Å². The number of piperazine rings is 2. The molecule has 32 heavy (non-hydrogen) atoms. The van der Waals surface area contributed by atoms with Gasteiger partial charge in [0.1, 0.15) is 12.3 Å². The molecular weight excluding hydrogens is 410 g/mol. The van der Waals surface area contributed by atoms with Crippen LogP contribution in [0.15, 0.2) is 15.4 Å². The van der Waals surface area contributed by atoms with Gasteiger partial charge in [-0.3, -0.25) is 14.5 Å². The van der Waals surface area contributed by atoms with E-state index in [1.807, 2.05) is 16.7 Å². The average Bonchev–Trinajstić information content (AvgIpc) is 3.20. The van der Waals surface area contributed by atoms with E-state index in [0.29, 0.717) is 12.6 Å². The number of hydrogen-bond acceptors (Lipinski definition) is 8. The number of amides is 2. The van der Waals surface area contributed by atoms with Crippen molar-refractivity contribution in [1.29, 1.82) is 0 Å². The van der Waals surface area contributed by atoms with Gasteiger partial charge in [0.15, 0.2) is 0 Å². The lowest BCUT2D eigenvalue weighted by Crippen LogP contribution is -2.50. The van der Waals surface area contributed by atoms with Crippen LogP contribution in [0.5, 0.6) is 0 Å². The molecule has 2 saturated heterocycles. The van der Waals surface area contributed by atoms with E-state index in [1.54, 1.807) is 13.8 Å². The van der Waals surface area contributed by atoms with Gasteiger partial charge in [-0.05, 0) is 46.9 Å². The van der Waals surface area contributed by atoms with Crippen LogP contribution in [0.1, 0.15) is 48.5 Å². The molecule has 2 amide bonds. The molecule has 0 aromatic carbocycles. The Morgan fingerprint density at radius 3 is 1.44 bits per heavy atom. The van der Waals surface area contributed by atoms with Crippen molar-refractivity contribution in [3.8, 4) is 0 Å². The molecule has 0 saturated carbocycles. The van der Waals surface area contributed by atoms with Gasteiger partial charge < -0.3 is 19.5 Å². The van der Waals surface area contributed by atoms with E-state index in [1.165, 1.54) is 13.8 Å². The van der Waals surface area contributed by atoms with Gasteiger partial charge in [-0.25, -0.2) is 0 Å². The molecule has 10 nitrogen and oxygen atoms in total. The number of nitrogens with zero attached hydrogens (tertiary/aromatic N) is 7. The first-order chi connectivity index (χ1) is 14.9. The fraction of sp³-hybridized carbons (Fsp3) is 0.818. The van der Waals surface area contributed by atoms with Crippen LogP contribution in [0.2, 0.25) is 0 Å². The minimum atomic E-state index is 0.167. The van der Waals surface area contributed by atoms with Crippen LogP contribution in [0.25, 0.3) is 0 Å². The van der Waals surface area contributed by atoms with Gasteiger partial charge in [-0.15, -0.1) is 5.10 Å². The molecule has 0 aliphatic carbocycles. The summed E-state index contributed by atoms with van der Waals surface area (Å²) in [5.41, 5.74) is 0.995. The molecule has 3 heterocycles. The molecule has 2 fully saturated rings. The lowest BCUT2D eigenvalue weighted by atomic mass is 10.2. The Bertz CT molecular complexity index is 629. The number of likely N-dealkylation sites (N-methyl/N-ethyl adjacent to an activating group) is 1. The van der Waals surface area contributed by atoms with E-state index in [-0.39, 0.29) is 17.6 Å². The Labute approximate surface area is 193 Å². The van der Waals surface area contributed by atoms with Crippen LogP contribution in [0.3, 0.4) is 0 Å². The van der Waals surface area contributed by atoms with Crippen LogP contribution in [0, 0.1) is 0 Å². The third-order valence-corrected chi connectivity index (χ3v) is 5.02. The van der Waals surface area contributed by atoms with Crippen LogP contribution in [-0.4, -0.2) is 115 Å². The molecule has 10 heteroatoms. The Hall–Kier alpha value is -2.20. The molecule has 3 rings (SSSR count). The highest BCUT2D eigenvalue weighted by atomic mass is 16.2. The highest BCUT2D eigenvalue weighted by Gasteiger charge is 2.19. The van der Waals surface area contributed by atoms with Crippen LogP contribution in [0.4, 0.5) is 0 Å².